The predicted octanol–water partition coefficient (Wildman–Crippen LogP) is 3.17. The van der Waals surface area contributed by atoms with Crippen LogP contribution in [0.5, 0.6) is 5.75 Å². The van der Waals surface area contributed by atoms with Gasteiger partial charge < -0.3 is 9.64 Å². The van der Waals surface area contributed by atoms with E-state index in [-0.39, 0.29) is 25.6 Å². The highest BCUT2D eigenvalue weighted by Crippen LogP contribution is 2.21. The monoisotopic (exact) mass is 434 g/mol. The Hall–Kier alpha value is -2.35. The summed E-state index contributed by atoms with van der Waals surface area (Å²) < 4.78 is 31.9. The van der Waals surface area contributed by atoms with E-state index in [9.17, 15) is 13.2 Å². The maximum absolute atomic E-state index is 12.5. The molecule has 0 bridgehead atoms. The number of piperazine rings is 1. The molecule has 0 unspecified atom stereocenters. The smallest absolute Gasteiger partial charge is 0.260 e. The summed E-state index contributed by atoms with van der Waals surface area (Å²) in [6.45, 7) is 2.95. The predicted molar refractivity (Wildman–Crippen MR) is 114 cm³/mol. The molecule has 1 saturated heterocycles. The zero-order valence-electron chi connectivity index (χ0n) is 16.1. The van der Waals surface area contributed by atoms with E-state index in [4.69, 9.17) is 16.3 Å². The topological polar surface area (TPSA) is 66.9 Å². The van der Waals surface area contributed by atoms with Crippen molar-refractivity contribution in [1.29, 1.82) is 0 Å². The van der Waals surface area contributed by atoms with Gasteiger partial charge in [-0.25, -0.2) is 8.42 Å². The number of nitrogens with zero attached hydrogens (tertiary/aromatic N) is 2. The summed E-state index contributed by atoms with van der Waals surface area (Å²) in [5.74, 6) is 0.405. The average molecular weight is 435 g/mol. The molecule has 0 saturated carbocycles. The van der Waals surface area contributed by atoms with Gasteiger partial charge in [0.2, 0.25) is 10.0 Å². The lowest BCUT2D eigenvalue weighted by Crippen LogP contribution is -2.51. The number of hydrogen-bond donors (Lipinski definition) is 0. The molecule has 0 atom stereocenters. The molecule has 2 aromatic carbocycles. The molecule has 1 fully saturated rings. The standard InChI is InChI=1S/C21H23ClN2O4S/c1-17-15-19(7-8-20(17)22)28-16-21(25)23-10-12-24(13-11-23)29(26,27)14-9-18-5-3-2-4-6-18/h2-9,14-15H,10-13,16H2,1H3/b14-9+. The fraction of sp³-hybridized carbons (Fsp3) is 0.286. The first kappa shape index (κ1) is 21.4. The van der Waals surface area contributed by atoms with Crippen LogP contribution in [0.1, 0.15) is 11.1 Å². The van der Waals surface area contributed by atoms with Crippen molar-refractivity contribution in [2.45, 2.75) is 6.92 Å². The fourth-order valence-electron chi connectivity index (χ4n) is 2.95. The lowest BCUT2D eigenvalue weighted by Gasteiger charge is -2.33. The van der Waals surface area contributed by atoms with Gasteiger partial charge in [0, 0.05) is 36.6 Å². The van der Waals surface area contributed by atoms with Gasteiger partial charge in [-0.15, -0.1) is 0 Å². The van der Waals surface area contributed by atoms with Gasteiger partial charge in [0.25, 0.3) is 5.91 Å². The van der Waals surface area contributed by atoms with Gasteiger partial charge in [-0.05, 0) is 42.3 Å². The molecule has 6 nitrogen and oxygen atoms in total. The summed E-state index contributed by atoms with van der Waals surface area (Å²) >= 11 is 5.98. The lowest BCUT2D eigenvalue weighted by molar-refractivity contribution is -0.134. The minimum Gasteiger partial charge on any atom is -0.484 e. The van der Waals surface area contributed by atoms with E-state index < -0.39 is 10.0 Å². The quantitative estimate of drug-likeness (QED) is 0.700. The highest BCUT2D eigenvalue weighted by molar-refractivity contribution is 7.92. The highest BCUT2D eigenvalue weighted by atomic mass is 35.5. The molecule has 1 aliphatic heterocycles. The first-order valence-corrected chi connectivity index (χ1v) is 11.1. The van der Waals surface area contributed by atoms with Gasteiger partial charge in [0.1, 0.15) is 5.75 Å². The van der Waals surface area contributed by atoms with Crippen LogP contribution < -0.4 is 4.74 Å². The van der Waals surface area contributed by atoms with Crippen LogP contribution in [0.25, 0.3) is 6.08 Å². The Kier molecular flexibility index (Phi) is 6.95. The maximum atomic E-state index is 12.5. The minimum atomic E-state index is -3.52. The second-order valence-electron chi connectivity index (χ2n) is 6.74. The Bertz CT molecular complexity index is 985. The molecule has 29 heavy (non-hydrogen) atoms. The number of sulfonamides is 1. The largest absolute Gasteiger partial charge is 0.484 e. The Balaban J connectivity index is 1.50. The van der Waals surface area contributed by atoms with Crippen molar-refractivity contribution in [3.05, 3.63) is 70.1 Å². The Morgan fingerprint density at radius 1 is 1.10 bits per heavy atom. The molecule has 154 valence electrons. The van der Waals surface area contributed by atoms with E-state index in [1.165, 1.54) is 9.71 Å². The lowest BCUT2D eigenvalue weighted by atomic mass is 10.2. The third-order valence-corrected chi connectivity index (χ3v) is 6.66. The van der Waals surface area contributed by atoms with Crippen LogP contribution in [0.2, 0.25) is 5.02 Å². The van der Waals surface area contributed by atoms with Crippen molar-refractivity contribution >= 4 is 33.6 Å². The normalized spacial score (nSPS) is 15.6. The van der Waals surface area contributed by atoms with Crippen LogP contribution in [0.15, 0.2) is 53.9 Å². The number of rotatable bonds is 6. The number of amides is 1. The molecule has 0 spiro atoms. The molecule has 8 heteroatoms. The van der Waals surface area contributed by atoms with Crippen molar-refractivity contribution in [1.82, 2.24) is 9.21 Å². The molecular weight excluding hydrogens is 412 g/mol. The van der Waals surface area contributed by atoms with E-state index in [1.807, 2.05) is 37.3 Å². The van der Waals surface area contributed by atoms with E-state index in [1.54, 1.807) is 29.2 Å². The van der Waals surface area contributed by atoms with Gasteiger partial charge >= 0.3 is 0 Å². The van der Waals surface area contributed by atoms with E-state index in [0.717, 1.165) is 11.1 Å². The molecular formula is C21H23ClN2O4S. The Morgan fingerprint density at radius 3 is 2.45 bits per heavy atom. The van der Waals surface area contributed by atoms with Crippen LogP contribution in [0.4, 0.5) is 0 Å². The van der Waals surface area contributed by atoms with E-state index >= 15 is 0 Å². The van der Waals surface area contributed by atoms with Crippen molar-refractivity contribution in [3.8, 4) is 5.75 Å². The third kappa shape index (κ3) is 5.82. The van der Waals surface area contributed by atoms with Crippen LogP contribution in [-0.2, 0) is 14.8 Å². The summed E-state index contributed by atoms with van der Waals surface area (Å²) in [7, 11) is -3.52. The van der Waals surface area contributed by atoms with Crippen LogP contribution >= 0.6 is 11.6 Å². The maximum Gasteiger partial charge on any atom is 0.260 e. The number of hydrogen-bond acceptors (Lipinski definition) is 4. The molecule has 3 rings (SSSR count). The molecule has 0 radical (unpaired) electrons. The summed E-state index contributed by atoms with van der Waals surface area (Å²) in [6, 6.07) is 14.5. The zero-order valence-corrected chi connectivity index (χ0v) is 17.7. The average Bonchev–Trinajstić information content (AvgIpc) is 2.74. The molecule has 2 aromatic rings. The molecule has 1 aliphatic rings. The summed E-state index contributed by atoms with van der Waals surface area (Å²) in [4.78, 5) is 14.0. The summed E-state index contributed by atoms with van der Waals surface area (Å²) in [5.41, 5.74) is 1.69. The first-order valence-electron chi connectivity index (χ1n) is 9.25. The number of halogens is 1. The summed E-state index contributed by atoms with van der Waals surface area (Å²) in [6.07, 6.45) is 1.58. The van der Waals surface area contributed by atoms with Crippen molar-refractivity contribution in [2.24, 2.45) is 0 Å². The number of benzene rings is 2. The number of carbonyl (C=O) groups excluding carboxylic acids is 1. The SMILES string of the molecule is Cc1cc(OCC(=O)N2CCN(S(=O)(=O)/C=C/c3ccccc3)CC2)ccc1Cl. The molecule has 0 N–H and O–H groups in total. The number of aryl methyl sites for hydroxylation is 1. The number of ether oxygens (including phenoxy) is 1. The Labute approximate surface area is 176 Å². The van der Waals surface area contributed by atoms with Crippen molar-refractivity contribution < 1.29 is 17.9 Å². The van der Waals surface area contributed by atoms with Gasteiger partial charge in [0.05, 0.1) is 0 Å². The van der Waals surface area contributed by atoms with Crippen LogP contribution in [0.3, 0.4) is 0 Å². The number of carbonyl (C=O) groups is 1. The van der Waals surface area contributed by atoms with Gasteiger partial charge in [0.15, 0.2) is 6.61 Å². The van der Waals surface area contributed by atoms with E-state index in [0.29, 0.717) is 23.9 Å². The molecule has 1 amide bonds. The van der Waals surface area contributed by atoms with Gasteiger partial charge in [-0.2, -0.15) is 4.31 Å². The fourth-order valence-corrected chi connectivity index (χ4v) is 4.24. The second kappa shape index (κ2) is 9.43. The van der Waals surface area contributed by atoms with Gasteiger partial charge in [-0.1, -0.05) is 41.9 Å². The first-order chi connectivity index (χ1) is 13.8. The third-order valence-electron chi connectivity index (χ3n) is 4.67. The van der Waals surface area contributed by atoms with Crippen molar-refractivity contribution in [2.75, 3.05) is 32.8 Å². The summed E-state index contributed by atoms with van der Waals surface area (Å²) in [5, 5.41) is 1.86. The zero-order chi connectivity index (χ0) is 20.9. The molecule has 0 aromatic heterocycles. The van der Waals surface area contributed by atoms with Crippen molar-refractivity contribution in [3.63, 3.8) is 0 Å². The van der Waals surface area contributed by atoms with Crippen LogP contribution in [-0.4, -0.2) is 56.3 Å². The highest BCUT2D eigenvalue weighted by Gasteiger charge is 2.27. The molecule has 0 aliphatic carbocycles. The Morgan fingerprint density at radius 2 is 1.79 bits per heavy atom. The van der Waals surface area contributed by atoms with Gasteiger partial charge in [-0.3, -0.25) is 4.79 Å². The van der Waals surface area contributed by atoms with E-state index in [2.05, 4.69) is 0 Å². The minimum absolute atomic E-state index is 0.0955. The second-order valence-corrected chi connectivity index (χ2v) is 8.96. The van der Waals surface area contributed by atoms with Crippen LogP contribution in [0, 0.1) is 6.92 Å². The molecule has 1 heterocycles.